The highest BCUT2D eigenvalue weighted by Gasteiger charge is 2.34. The molecule has 8 heteroatoms. The van der Waals surface area contributed by atoms with Crippen molar-refractivity contribution < 1.29 is 13.6 Å². The molecule has 30 heavy (non-hydrogen) atoms. The molecule has 1 amide bonds. The second-order valence-corrected chi connectivity index (χ2v) is 7.76. The summed E-state index contributed by atoms with van der Waals surface area (Å²) in [6.07, 6.45) is 4.84. The van der Waals surface area contributed by atoms with Crippen molar-refractivity contribution in [2.75, 3.05) is 0 Å². The molecule has 5 nitrogen and oxygen atoms in total. The quantitative estimate of drug-likeness (QED) is 0.296. The van der Waals surface area contributed by atoms with Gasteiger partial charge >= 0.3 is 0 Å². The Balaban J connectivity index is 1.60. The van der Waals surface area contributed by atoms with Gasteiger partial charge in [0, 0.05) is 5.02 Å². The molecule has 0 aliphatic carbocycles. The molecule has 1 aliphatic heterocycles. The molecular weight excluding hydrogens is 425 g/mol. The molecule has 1 aliphatic rings. The van der Waals surface area contributed by atoms with Crippen LogP contribution in [0.15, 0.2) is 86.5 Å². The van der Waals surface area contributed by atoms with Crippen molar-refractivity contribution in [2.45, 2.75) is 6.54 Å². The first kappa shape index (κ1) is 20.1. The van der Waals surface area contributed by atoms with Crippen LogP contribution >= 0.6 is 23.4 Å². The Bertz CT molecular complexity index is 1120. The van der Waals surface area contributed by atoms with Gasteiger partial charge in [-0.1, -0.05) is 35.9 Å². The number of hydrogen-bond acceptors (Lipinski definition) is 5. The van der Waals surface area contributed by atoms with E-state index >= 15 is 0 Å². The summed E-state index contributed by atoms with van der Waals surface area (Å²) in [7, 11) is 0. The Morgan fingerprint density at radius 3 is 2.50 bits per heavy atom. The summed E-state index contributed by atoms with van der Waals surface area (Å²) in [6, 6.07) is 16.6. The second kappa shape index (κ2) is 9.11. The summed E-state index contributed by atoms with van der Waals surface area (Å²) >= 11 is 7.09. The van der Waals surface area contributed by atoms with Gasteiger partial charge in [-0.3, -0.25) is 9.69 Å². The number of amidine groups is 1. The number of benzene rings is 2. The number of furan rings is 1. The van der Waals surface area contributed by atoms with Crippen molar-refractivity contribution in [1.29, 1.82) is 0 Å². The van der Waals surface area contributed by atoms with Gasteiger partial charge in [-0.25, -0.2) is 4.39 Å². The molecule has 0 spiro atoms. The highest BCUT2D eigenvalue weighted by atomic mass is 35.5. The van der Waals surface area contributed by atoms with E-state index in [4.69, 9.17) is 16.0 Å². The van der Waals surface area contributed by atoms with Crippen LogP contribution in [-0.2, 0) is 11.3 Å². The van der Waals surface area contributed by atoms with E-state index in [1.165, 1.54) is 28.8 Å². The molecule has 0 atom stereocenters. The van der Waals surface area contributed by atoms with Crippen LogP contribution in [0.5, 0.6) is 0 Å². The van der Waals surface area contributed by atoms with Crippen LogP contribution in [0.4, 0.5) is 4.39 Å². The molecule has 1 fully saturated rings. The molecule has 2 aromatic carbocycles. The molecule has 0 radical (unpaired) electrons. The Morgan fingerprint density at radius 2 is 1.80 bits per heavy atom. The number of rotatable bonds is 5. The Morgan fingerprint density at radius 1 is 1.07 bits per heavy atom. The second-order valence-electron chi connectivity index (χ2n) is 6.31. The third kappa shape index (κ3) is 4.87. The normalized spacial score (nSPS) is 17.0. The lowest BCUT2D eigenvalue weighted by atomic mass is 10.2. The highest BCUT2D eigenvalue weighted by Crippen LogP contribution is 2.33. The zero-order valence-electron chi connectivity index (χ0n) is 15.5. The summed E-state index contributed by atoms with van der Waals surface area (Å²) in [5.41, 5.74) is 1.55. The molecule has 4 rings (SSSR count). The number of halogens is 2. The van der Waals surface area contributed by atoms with Crippen LogP contribution < -0.4 is 0 Å². The van der Waals surface area contributed by atoms with Gasteiger partial charge in [-0.05, 0) is 65.4 Å². The maximum atomic E-state index is 13.2. The van der Waals surface area contributed by atoms with Crippen LogP contribution in [0.2, 0.25) is 5.02 Å². The molecular formula is C22H15ClFN3O2S. The van der Waals surface area contributed by atoms with E-state index in [0.29, 0.717) is 20.9 Å². The number of carbonyl (C=O) groups is 1. The van der Waals surface area contributed by atoms with Crippen LogP contribution in [0.1, 0.15) is 16.9 Å². The van der Waals surface area contributed by atoms with Crippen molar-refractivity contribution in [3.05, 3.63) is 99.6 Å². The standard InChI is InChI=1S/C22H15ClFN3O2S/c23-17-7-3-16(4-8-17)13-25-26-22-27(14-19-2-1-11-29-19)21(28)20(30-22)12-15-5-9-18(24)10-6-15/h1-13H,14H2/b20-12-,25-13+,26-22-. The van der Waals surface area contributed by atoms with E-state index in [-0.39, 0.29) is 18.3 Å². The fourth-order valence-electron chi connectivity index (χ4n) is 2.68. The minimum Gasteiger partial charge on any atom is -0.467 e. The zero-order valence-corrected chi connectivity index (χ0v) is 17.1. The molecule has 1 saturated heterocycles. The summed E-state index contributed by atoms with van der Waals surface area (Å²) in [5.74, 6) is 0.0725. The predicted octanol–water partition coefficient (Wildman–Crippen LogP) is 5.58. The smallest absolute Gasteiger partial charge is 0.267 e. The highest BCUT2D eigenvalue weighted by molar-refractivity contribution is 8.18. The average Bonchev–Trinajstić information content (AvgIpc) is 3.35. The van der Waals surface area contributed by atoms with Gasteiger partial charge in [0.2, 0.25) is 0 Å². The van der Waals surface area contributed by atoms with Gasteiger partial charge in [-0.15, -0.1) is 5.10 Å². The van der Waals surface area contributed by atoms with E-state index in [1.54, 1.807) is 55.0 Å². The number of nitrogens with zero attached hydrogens (tertiary/aromatic N) is 3. The van der Waals surface area contributed by atoms with Crippen molar-refractivity contribution in [2.24, 2.45) is 10.2 Å². The lowest BCUT2D eigenvalue weighted by Gasteiger charge is -2.12. The molecule has 0 unspecified atom stereocenters. The fraction of sp³-hybridized carbons (Fsp3) is 0.0455. The molecule has 150 valence electrons. The minimum absolute atomic E-state index is 0.221. The topological polar surface area (TPSA) is 58.2 Å². The van der Waals surface area contributed by atoms with Crippen LogP contribution in [0.3, 0.4) is 0 Å². The van der Waals surface area contributed by atoms with Gasteiger partial charge in [0.15, 0.2) is 5.17 Å². The first-order valence-corrected chi connectivity index (χ1v) is 10.1. The summed E-state index contributed by atoms with van der Waals surface area (Å²) in [4.78, 5) is 14.9. The Labute approximate surface area is 181 Å². The van der Waals surface area contributed by atoms with Crippen molar-refractivity contribution in [1.82, 2.24) is 4.90 Å². The van der Waals surface area contributed by atoms with Gasteiger partial charge in [-0.2, -0.15) is 5.10 Å². The number of amides is 1. The largest absolute Gasteiger partial charge is 0.467 e. The van der Waals surface area contributed by atoms with Gasteiger partial charge in [0.05, 0.1) is 23.9 Å². The lowest BCUT2D eigenvalue weighted by Crippen LogP contribution is -2.28. The van der Waals surface area contributed by atoms with Crippen molar-refractivity contribution >= 4 is 46.7 Å². The monoisotopic (exact) mass is 439 g/mol. The van der Waals surface area contributed by atoms with Gasteiger partial charge in [0.25, 0.3) is 5.91 Å². The van der Waals surface area contributed by atoms with Crippen molar-refractivity contribution in [3.8, 4) is 0 Å². The number of hydrogen-bond donors (Lipinski definition) is 0. The minimum atomic E-state index is -0.333. The van der Waals surface area contributed by atoms with Gasteiger partial charge < -0.3 is 4.42 Å². The molecule has 0 bridgehead atoms. The van der Waals surface area contributed by atoms with E-state index < -0.39 is 0 Å². The van der Waals surface area contributed by atoms with E-state index in [1.807, 2.05) is 12.1 Å². The molecule has 3 aromatic rings. The van der Waals surface area contributed by atoms with E-state index in [0.717, 1.165) is 11.1 Å². The maximum absolute atomic E-state index is 13.2. The summed E-state index contributed by atoms with van der Waals surface area (Å²) < 4.78 is 18.5. The molecule has 2 heterocycles. The van der Waals surface area contributed by atoms with Gasteiger partial charge in [0.1, 0.15) is 11.6 Å². The zero-order chi connectivity index (χ0) is 20.9. The average molecular weight is 440 g/mol. The summed E-state index contributed by atoms with van der Waals surface area (Å²) in [5, 5.41) is 9.42. The fourth-order valence-corrected chi connectivity index (χ4v) is 3.75. The van der Waals surface area contributed by atoms with Crippen LogP contribution in [0, 0.1) is 5.82 Å². The summed E-state index contributed by atoms with van der Waals surface area (Å²) in [6.45, 7) is 0.231. The third-order valence-electron chi connectivity index (χ3n) is 4.17. The Kier molecular flexibility index (Phi) is 6.11. The first-order chi connectivity index (χ1) is 14.6. The van der Waals surface area contributed by atoms with Crippen LogP contribution in [0.25, 0.3) is 6.08 Å². The van der Waals surface area contributed by atoms with E-state index in [9.17, 15) is 9.18 Å². The maximum Gasteiger partial charge on any atom is 0.267 e. The lowest BCUT2D eigenvalue weighted by molar-refractivity contribution is -0.122. The molecule has 0 N–H and O–H groups in total. The van der Waals surface area contributed by atoms with E-state index in [2.05, 4.69) is 10.2 Å². The molecule has 1 aromatic heterocycles. The van der Waals surface area contributed by atoms with Crippen LogP contribution in [-0.4, -0.2) is 22.2 Å². The van der Waals surface area contributed by atoms with Crippen molar-refractivity contribution in [3.63, 3.8) is 0 Å². The Hall–Kier alpha value is -3.16. The SMILES string of the molecule is O=C1/C(=C/c2ccc(F)cc2)S/C(=N\N=C\c2ccc(Cl)cc2)N1Cc1ccco1. The third-order valence-corrected chi connectivity index (χ3v) is 5.42. The first-order valence-electron chi connectivity index (χ1n) is 8.94. The number of thioether (sulfide) groups is 1. The number of carbonyl (C=O) groups excluding carboxylic acids is 1. The predicted molar refractivity (Wildman–Crippen MR) is 118 cm³/mol. The molecule has 0 saturated carbocycles.